The summed E-state index contributed by atoms with van der Waals surface area (Å²) in [4.78, 5) is 22.0. The van der Waals surface area contributed by atoms with Crippen LogP contribution in [0.15, 0.2) is 29.8 Å². The van der Waals surface area contributed by atoms with Gasteiger partial charge in [0.1, 0.15) is 11.6 Å². The first kappa shape index (κ1) is 15.7. The molecule has 1 heterocycles. The van der Waals surface area contributed by atoms with E-state index >= 15 is 0 Å². The predicted molar refractivity (Wildman–Crippen MR) is 78.7 cm³/mol. The van der Waals surface area contributed by atoms with Crippen LogP contribution in [0.5, 0.6) is 0 Å². The predicted octanol–water partition coefficient (Wildman–Crippen LogP) is 1.80. The highest BCUT2D eigenvalue weighted by Crippen LogP contribution is 2.15. The number of nitrogens with zero attached hydrogens (tertiary/aromatic N) is 2. The monoisotopic (exact) mass is 301 g/mol. The van der Waals surface area contributed by atoms with Crippen molar-refractivity contribution in [3.8, 4) is 6.07 Å². The molecule has 22 heavy (non-hydrogen) atoms. The van der Waals surface area contributed by atoms with Crippen LogP contribution < -0.4 is 5.32 Å². The molecule has 1 fully saturated rings. The first-order chi connectivity index (χ1) is 10.6. The lowest BCUT2D eigenvalue weighted by atomic mass is 10.1. The van der Waals surface area contributed by atoms with Crippen molar-refractivity contribution in [3.63, 3.8) is 0 Å². The van der Waals surface area contributed by atoms with Gasteiger partial charge in [0, 0.05) is 25.3 Å². The Morgan fingerprint density at radius 1 is 1.50 bits per heavy atom. The van der Waals surface area contributed by atoms with Crippen molar-refractivity contribution in [2.24, 2.45) is 0 Å². The van der Waals surface area contributed by atoms with Gasteiger partial charge in [0.05, 0.1) is 11.0 Å². The molecule has 0 aromatic heterocycles. The van der Waals surface area contributed by atoms with Gasteiger partial charge < -0.3 is 10.1 Å². The number of ether oxygens (including phenoxy) is 1. The maximum absolute atomic E-state index is 11.9. The maximum atomic E-state index is 11.9. The molecule has 2 rings (SSSR count). The van der Waals surface area contributed by atoms with E-state index in [1.165, 1.54) is 30.3 Å². The summed E-state index contributed by atoms with van der Waals surface area (Å²) in [6.07, 6.45) is 3.27. The van der Waals surface area contributed by atoms with E-state index < -0.39 is 10.8 Å². The number of amides is 1. The second-order valence-corrected chi connectivity index (χ2v) is 4.86. The molecule has 0 aliphatic carbocycles. The summed E-state index contributed by atoms with van der Waals surface area (Å²) < 4.78 is 5.39. The number of carbonyl (C=O) groups excluding carboxylic acids is 1. The highest BCUT2D eigenvalue weighted by molar-refractivity contribution is 6.01. The smallest absolute Gasteiger partial charge is 0.269 e. The highest BCUT2D eigenvalue weighted by atomic mass is 16.6. The zero-order chi connectivity index (χ0) is 15.9. The van der Waals surface area contributed by atoms with Gasteiger partial charge in [-0.2, -0.15) is 5.26 Å². The first-order valence-electron chi connectivity index (χ1n) is 6.86. The summed E-state index contributed by atoms with van der Waals surface area (Å²) >= 11 is 0. The molecule has 7 nitrogen and oxygen atoms in total. The van der Waals surface area contributed by atoms with Gasteiger partial charge in [-0.05, 0) is 36.6 Å². The number of rotatable bonds is 5. The standard InChI is InChI=1S/C15H15N3O4/c16-9-12(15(19)17-10-14-2-1-7-22-14)8-11-3-5-13(6-4-11)18(20)21/h3-6,8,14H,1-2,7,10H2,(H,17,19)/b12-8+/t14-/m0/s1. The zero-order valence-corrected chi connectivity index (χ0v) is 11.8. The molecule has 1 aromatic rings. The van der Waals surface area contributed by atoms with Gasteiger partial charge in [-0.1, -0.05) is 0 Å². The van der Waals surface area contributed by atoms with E-state index in [4.69, 9.17) is 10.00 Å². The molecule has 1 N–H and O–H groups in total. The minimum atomic E-state index is -0.507. The summed E-state index contributed by atoms with van der Waals surface area (Å²) in [7, 11) is 0. The molecule has 7 heteroatoms. The Morgan fingerprint density at radius 3 is 2.77 bits per heavy atom. The number of nitro benzene ring substituents is 1. The fourth-order valence-corrected chi connectivity index (χ4v) is 2.11. The van der Waals surface area contributed by atoms with Crippen molar-refractivity contribution in [1.82, 2.24) is 5.32 Å². The summed E-state index contributed by atoms with van der Waals surface area (Å²) in [6.45, 7) is 1.07. The van der Waals surface area contributed by atoms with Crippen LogP contribution in [0.1, 0.15) is 18.4 Å². The molecule has 0 spiro atoms. The molecule has 0 unspecified atom stereocenters. The van der Waals surface area contributed by atoms with Crippen LogP contribution in [0.3, 0.4) is 0 Å². The highest BCUT2D eigenvalue weighted by Gasteiger charge is 2.17. The fraction of sp³-hybridized carbons (Fsp3) is 0.333. The molecule has 0 radical (unpaired) electrons. The summed E-state index contributed by atoms with van der Waals surface area (Å²) in [5.74, 6) is -0.476. The first-order valence-corrected chi connectivity index (χ1v) is 6.86. The van der Waals surface area contributed by atoms with E-state index in [-0.39, 0.29) is 17.4 Å². The molecular formula is C15H15N3O4. The van der Waals surface area contributed by atoms with Gasteiger partial charge in [-0.15, -0.1) is 0 Å². The van der Waals surface area contributed by atoms with Crippen molar-refractivity contribution in [2.45, 2.75) is 18.9 Å². The lowest BCUT2D eigenvalue weighted by Gasteiger charge is -2.10. The second-order valence-electron chi connectivity index (χ2n) is 4.86. The number of non-ortho nitro benzene ring substituents is 1. The molecule has 0 bridgehead atoms. The molecule has 0 saturated carbocycles. The lowest BCUT2D eigenvalue weighted by molar-refractivity contribution is -0.384. The molecule has 114 valence electrons. The van der Waals surface area contributed by atoms with E-state index in [1.807, 2.05) is 6.07 Å². The Labute approximate surface area is 127 Å². The number of nitrogens with one attached hydrogen (secondary N) is 1. The SMILES string of the molecule is N#C/C(=C\c1ccc([N+](=O)[O-])cc1)C(=O)NC[C@@H]1CCCO1. The summed E-state index contributed by atoms with van der Waals surface area (Å²) in [5, 5.41) is 22.3. The fourth-order valence-electron chi connectivity index (χ4n) is 2.11. The van der Waals surface area contributed by atoms with Gasteiger partial charge in [0.15, 0.2) is 0 Å². The minimum absolute atomic E-state index is 0.00303. The topological polar surface area (TPSA) is 105 Å². The van der Waals surface area contributed by atoms with Crippen LogP contribution in [-0.2, 0) is 9.53 Å². The van der Waals surface area contributed by atoms with Crippen LogP contribution in [0.4, 0.5) is 5.69 Å². The van der Waals surface area contributed by atoms with Gasteiger partial charge in [-0.3, -0.25) is 14.9 Å². The number of carbonyl (C=O) groups is 1. The number of nitro groups is 1. The van der Waals surface area contributed by atoms with Crippen LogP contribution in [0.2, 0.25) is 0 Å². The average molecular weight is 301 g/mol. The van der Waals surface area contributed by atoms with Crippen LogP contribution in [0, 0.1) is 21.4 Å². The quantitative estimate of drug-likeness (QED) is 0.386. The second kappa shape index (κ2) is 7.33. The third kappa shape index (κ3) is 4.14. The van der Waals surface area contributed by atoms with E-state index in [0.29, 0.717) is 18.7 Å². The van der Waals surface area contributed by atoms with Gasteiger partial charge >= 0.3 is 0 Å². The summed E-state index contributed by atoms with van der Waals surface area (Å²) in [5.41, 5.74) is 0.458. The van der Waals surface area contributed by atoms with Crippen LogP contribution in [0.25, 0.3) is 6.08 Å². The van der Waals surface area contributed by atoms with E-state index in [9.17, 15) is 14.9 Å². The molecular weight excluding hydrogens is 286 g/mol. The van der Waals surface area contributed by atoms with E-state index in [2.05, 4.69) is 5.32 Å². The Balaban J connectivity index is 2.01. The van der Waals surface area contributed by atoms with E-state index in [1.54, 1.807) is 0 Å². The molecule has 1 atom stereocenters. The van der Waals surface area contributed by atoms with Crippen molar-refractivity contribution in [1.29, 1.82) is 5.26 Å². The van der Waals surface area contributed by atoms with Crippen molar-refractivity contribution >= 4 is 17.7 Å². The number of benzene rings is 1. The molecule has 1 saturated heterocycles. The van der Waals surface area contributed by atoms with Crippen LogP contribution in [-0.4, -0.2) is 30.1 Å². The van der Waals surface area contributed by atoms with Crippen LogP contribution >= 0.6 is 0 Å². The van der Waals surface area contributed by atoms with Gasteiger partial charge in [0.2, 0.25) is 0 Å². The lowest BCUT2D eigenvalue weighted by Crippen LogP contribution is -2.32. The van der Waals surface area contributed by atoms with E-state index in [0.717, 1.165) is 12.8 Å². The molecule has 1 aliphatic rings. The average Bonchev–Trinajstić information content (AvgIpc) is 3.04. The minimum Gasteiger partial charge on any atom is -0.376 e. The summed E-state index contributed by atoms with van der Waals surface area (Å²) in [6, 6.07) is 7.46. The Morgan fingerprint density at radius 2 is 2.23 bits per heavy atom. The number of hydrogen-bond acceptors (Lipinski definition) is 5. The Bertz CT molecular complexity index is 625. The Hall–Kier alpha value is -2.72. The number of hydrogen-bond donors (Lipinski definition) is 1. The van der Waals surface area contributed by atoms with Gasteiger partial charge in [-0.25, -0.2) is 0 Å². The Kier molecular flexibility index (Phi) is 5.22. The number of nitriles is 1. The maximum Gasteiger partial charge on any atom is 0.269 e. The normalized spacial score (nSPS) is 17.8. The zero-order valence-electron chi connectivity index (χ0n) is 11.8. The third-order valence-corrected chi connectivity index (χ3v) is 3.29. The van der Waals surface area contributed by atoms with Crippen molar-refractivity contribution in [2.75, 3.05) is 13.2 Å². The van der Waals surface area contributed by atoms with Crippen molar-refractivity contribution in [3.05, 3.63) is 45.5 Å². The molecule has 1 aliphatic heterocycles. The molecule has 1 aromatic carbocycles. The molecule has 1 amide bonds. The van der Waals surface area contributed by atoms with Gasteiger partial charge in [0.25, 0.3) is 11.6 Å². The third-order valence-electron chi connectivity index (χ3n) is 3.29. The van der Waals surface area contributed by atoms with Crippen molar-refractivity contribution < 1.29 is 14.5 Å². The largest absolute Gasteiger partial charge is 0.376 e.